The number of amides is 1. The molecule has 19 heavy (non-hydrogen) atoms. The summed E-state index contributed by atoms with van der Waals surface area (Å²) in [5, 5.41) is 13.0. The molecule has 1 aliphatic carbocycles. The molecular formula is C15H20FNO2. The number of carbonyl (C=O) groups is 1. The van der Waals surface area contributed by atoms with Gasteiger partial charge >= 0.3 is 0 Å². The molecule has 4 heteroatoms. The summed E-state index contributed by atoms with van der Waals surface area (Å²) in [5.74, 6) is -0.378. The van der Waals surface area contributed by atoms with Crippen molar-refractivity contribution < 1.29 is 14.3 Å². The second-order valence-corrected chi connectivity index (χ2v) is 5.57. The Hall–Kier alpha value is -1.42. The predicted molar refractivity (Wildman–Crippen MR) is 71.3 cm³/mol. The molecule has 2 N–H and O–H groups in total. The predicted octanol–water partition coefficient (Wildman–Crippen LogP) is 2.50. The number of benzene rings is 1. The summed E-state index contributed by atoms with van der Waals surface area (Å²) >= 11 is 0. The summed E-state index contributed by atoms with van der Waals surface area (Å²) in [7, 11) is 0. The Morgan fingerprint density at radius 3 is 2.68 bits per heavy atom. The lowest BCUT2D eigenvalue weighted by molar-refractivity contribution is -0.00543. The van der Waals surface area contributed by atoms with Crippen molar-refractivity contribution in [3.63, 3.8) is 0 Å². The van der Waals surface area contributed by atoms with E-state index in [1.165, 1.54) is 12.1 Å². The lowest BCUT2D eigenvalue weighted by Crippen LogP contribution is -2.45. The number of carbonyl (C=O) groups excluding carboxylic acids is 1. The van der Waals surface area contributed by atoms with Crippen molar-refractivity contribution in [2.24, 2.45) is 5.92 Å². The molecule has 0 spiro atoms. The van der Waals surface area contributed by atoms with Crippen LogP contribution in [0.5, 0.6) is 0 Å². The number of aliphatic hydroxyl groups is 1. The van der Waals surface area contributed by atoms with Crippen LogP contribution in [-0.2, 0) is 0 Å². The lowest BCUT2D eigenvalue weighted by atomic mass is 9.79. The minimum atomic E-state index is -0.840. The normalized spacial score (nSPS) is 27.0. The maximum Gasteiger partial charge on any atom is 0.254 e. The molecule has 1 amide bonds. The largest absolute Gasteiger partial charge is 0.388 e. The maximum absolute atomic E-state index is 13.4. The van der Waals surface area contributed by atoms with E-state index in [9.17, 15) is 14.3 Å². The van der Waals surface area contributed by atoms with Gasteiger partial charge in [0.15, 0.2) is 0 Å². The molecule has 0 bridgehead atoms. The van der Waals surface area contributed by atoms with Gasteiger partial charge in [-0.2, -0.15) is 0 Å². The summed E-state index contributed by atoms with van der Waals surface area (Å²) in [5.41, 5.74) is -0.816. The van der Waals surface area contributed by atoms with E-state index in [1.807, 2.05) is 0 Å². The Bertz CT molecular complexity index is 453. The van der Waals surface area contributed by atoms with Crippen LogP contribution in [0.4, 0.5) is 4.39 Å². The molecule has 0 saturated heterocycles. The van der Waals surface area contributed by atoms with Gasteiger partial charge in [-0.15, -0.1) is 0 Å². The first-order chi connectivity index (χ1) is 9.00. The van der Waals surface area contributed by atoms with Gasteiger partial charge in [0, 0.05) is 6.54 Å². The van der Waals surface area contributed by atoms with E-state index in [0.29, 0.717) is 18.8 Å². The van der Waals surface area contributed by atoms with Gasteiger partial charge in [-0.1, -0.05) is 19.1 Å². The Morgan fingerprint density at radius 2 is 2.05 bits per heavy atom. The molecule has 104 valence electrons. The van der Waals surface area contributed by atoms with Crippen LogP contribution >= 0.6 is 0 Å². The topological polar surface area (TPSA) is 49.3 Å². The first-order valence-electron chi connectivity index (χ1n) is 6.75. The number of halogens is 1. The Labute approximate surface area is 112 Å². The third-order valence-corrected chi connectivity index (χ3v) is 3.90. The molecule has 1 aromatic carbocycles. The van der Waals surface area contributed by atoms with E-state index < -0.39 is 17.3 Å². The summed E-state index contributed by atoms with van der Waals surface area (Å²) in [6.07, 6.45) is 3.30. The highest BCUT2D eigenvalue weighted by Crippen LogP contribution is 2.31. The van der Waals surface area contributed by atoms with Crippen LogP contribution < -0.4 is 5.32 Å². The van der Waals surface area contributed by atoms with Crippen LogP contribution in [-0.4, -0.2) is 23.2 Å². The molecule has 2 rings (SSSR count). The average Bonchev–Trinajstić information content (AvgIpc) is 2.41. The van der Waals surface area contributed by atoms with Crippen molar-refractivity contribution in [1.29, 1.82) is 0 Å². The van der Waals surface area contributed by atoms with Crippen molar-refractivity contribution in [2.75, 3.05) is 6.54 Å². The van der Waals surface area contributed by atoms with Crippen LogP contribution in [0, 0.1) is 11.7 Å². The first kappa shape index (κ1) is 14.0. The summed E-state index contributed by atoms with van der Waals surface area (Å²) < 4.78 is 13.4. The molecule has 1 saturated carbocycles. The Kier molecular flexibility index (Phi) is 4.20. The van der Waals surface area contributed by atoms with Gasteiger partial charge in [-0.3, -0.25) is 4.79 Å². The highest BCUT2D eigenvalue weighted by molar-refractivity contribution is 5.94. The molecule has 0 aromatic heterocycles. The van der Waals surface area contributed by atoms with E-state index >= 15 is 0 Å². The number of hydrogen-bond acceptors (Lipinski definition) is 2. The second-order valence-electron chi connectivity index (χ2n) is 5.57. The van der Waals surface area contributed by atoms with Crippen LogP contribution in [0.2, 0.25) is 0 Å². The highest BCUT2D eigenvalue weighted by Gasteiger charge is 2.32. The standard InChI is InChI=1S/C15H20FNO2/c1-11-6-8-15(19,9-7-11)10-17-14(18)12-4-2-3-5-13(12)16/h2-5,11,19H,6-10H2,1H3,(H,17,18). The number of hydrogen-bond donors (Lipinski definition) is 2. The van der Waals surface area contributed by atoms with E-state index in [0.717, 1.165) is 12.8 Å². The molecule has 0 radical (unpaired) electrons. The van der Waals surface area contributed by atoms with Crippen LogP contribution in [0.15, 0.2) is 24.3 Å². The molecular weight excluding hydrogens is 245 g/mol. The molecule has 0 unspecified atom stereocenters. The van der Waals surface area contributed by atoms with Gasteiger partial charge < -0.3 is 10.4 Å². The molecule has 1 aromatic rings. The highest BCUT2D eigenvalue weighted by atomic mass is 19.1. The van der Waals surface area contributed by atoms with Crippen molar-refractivity contribution in [2.45, 2.75) is 38.2 Å². The third-order valence-electron chi connectivity index (χ3n) is 3.90. The fourth-order valence-electron chi connectivity index (χ4n) is 2.46. The van der Waals surface area contributed by atoms with E-state index in [2.05, 4.69) is 12.2 Å². The molecule has 0 atom stereocenters. The van der Waals surface area contributed by atoms with E-state index in [4.69, 9.17) is 0 Å². The summed E-state index contributed by atoms with van der Waals surface area (Å²) in [4.78, 5) is 11.9. The molecule has 1 fully saturated rings. The summed E-state index contributed by atoms with van der Waals surface area (Å²) in [6, 6.07) is 5.86. The molecule has 1 aliphatic rings. The number of rotatable bonds is 3. The second kappa shape index (κ2) is 5.70. The van der Waals surface area contributed by atoms with E-state index in [1.54, 1.807) is 12.1 Å². The monoisotopic (exact) mass is 265 g/mol. The van der Waals surface area contributed by atoms with Gasteiger partial charge in [0.05, 0.1) is 11.2 Å². The van der Waals surface area contributed by atoms with Crippen LogP contribution in [0.1, 0.15) is 43.0 Å². The maximum atomic E-state index is 13.4. The average molecular weight is 265 g/mol. The van der Waals surface area contributed by atoms with Gasteiger partial charge in [0.2, 0.25) is 0 Å². The van der Waals surface area contributed by atoms with Crippen LogP contribution in [0.3, 0.4) is 0 Å². The molecule has 3 nitrogen and oxygen atoms in total. The minimum absolute atomic E-state index is 0.0234. The smallest absolute Gasteiger partial charge is 0.254 e. The van der Waals surface area contributed by atoms with Crippen molar-refractivity contribution >= 4 is 5.91 Å². The zero-order valence-electron chi connectivity index (χ0n) is 11.2. The van der Waals surface area contributed by atoms with Gasteiger partial charge in [0.1, 0.15) is 5.82 Å². The zero-order valence-corrected chi connectivity index (χ0v) is 11.2. The number of nitrogens with one attached hydrogen (secondary N) is 1. The van der Waals surface area contributed by atoms with Crippen molar-refractivity contribution in [3.8, 4) is 0 Å². The lowest BCUT2D eigenvalue weighted by Gasteiger charge is -2.34. The zero-order chi connectivity index (χ0) is 13.9. The van der Waals surface area contributed by atoms with Gasteiger partial charge in [-0.05, 0) is 43.7 Å². The Morgan fingerprint density at radius 1 is 1.42 bits per heavy atom. The van der Waals surface area contributed by atoms with Gasteiger partial charge in [-0.25, -0.2) is 4.39 Å². The Balaban J connectivity index is 1.92. The quantitative estimate of drug-likeness (QED) is 0.882. The van der Waals surface area contributed by atoms with Crippen molar-refractivity contribution in [3.05, 3.63) is 35.6 Å². The van der Waals surface area contributed by atoms with Gasteiger partial charge in [0.25, 0.3) is 5.91 Å². The third kappa shape index (κ3) is 3.53. The van der Waals surface area contributed by atoms with Crippen molar-refractivity contribution in [1.82, 2.24) is 5.32 Å². The minimum Gasteiger partial charge on any atom is -0.388 e. The molecule has 0 heterocycles. The molecule has 0 aliphatic heterocycles. The van der Waals surface area contributed by atoms with Crippen LogP contribution in [0.25, 0.3) is 0 Å². The first-order valence-corrected chi connectivity index (χ1v) is 6.75. The fraction of sp³-hybridized carbons (Fsp3) is 0.533. The fourth-order valence-corrected chi connectivity index (χ4v) is 2.46. The SMILES string of the molecule is CC1CCC(O)(CNC(=O)c2ccccc2F)CC1. The summed E-state index contributed by atoms with van der Waals surface area (Å²) in [6.45, 7) is 2.35. The van der Waals surface area contributed by atoms with E-state index in [-0.39, 0.29) is 12.1 Å².